The lowest BCUT2D eigenvalue weighted by atomic mass is 10.3. The minimum atomic E-state index is 0.368. The number of fused-ring (bicyclic) bond motifs is 1. The molecule has 0 N–H and O–H groups in total. The van der Waals surface area contributed by atoms with Crippen LogP contribution in [0.4, 0.5) is 5.13 Å². The summed E-state index contributed by atoms with van der Waals surface area (Å²) < 4.78 is 6.63. The molecule has 0 amide bonds. The van der Waals surface area contributed by atoms with Crippen molar-refractivity contribution in [3.05, 3.63) is 24.3 Å². The second-order valence-electron chi connectivity index (χ2n) is 4.06. The van der Waals surface area contributed by atoms with E-state index in [-0.39, 0.29) is 0 Å². The fourth-order valence-corrected chi connectivity index (χ4v) is 3.09. The van der Waals surface area contributed by atoms with Gasteiger partial charge in [0, 0.05) is 20.2 Å². The number of aromatic nitrogens is 1. The number of ether oxygens (including phenoxy) is 1. The Labute approximate surface area is 98.7 Å². The fourth-order valence-electron chi connectivity index (χ4n) is 2.09. The van der Waals surface area contributed by atoms with Gasteiger partial charge in [0.05, 0.1) is 16.3 Å². The van der Waals surface area contributed by atoms with Gasteiger partial charge in [-0.2, -0.15) is 0 Å². The molecule has 0 aliphatic carbocycles. The minimum Gasteiger partial charge on any atom is -0.380 e. The molecule has 2 heterocycles. The Bertz CT molecular complexity index is 463. The van der Waals surface area contributed by atoms with E-state index in [1.807, 2.05) is 6.07 Å². The van der Waals surface area contributed by atoms with Crippen molar-refractivity contribution in [3.8, 4) is 0 Å². The van der Waals surface area contributed by atoms with Gasteiger partial charge in [-0.1, -0.05) is 23.5 Å². The van der Waals surface area contributed by atoms with Gasteiger partial charge >= 0.3 is 0 Å². The number of rotatable bonds is 2. The third-order valence-electron chi connectivity index (χ3n) is 3.03. The molecule has 1 unspecified atom stereocenters. The smallest absolute Gasteiger partial charge is 0.186 e. The highest BCUT2D eigenvalue weighted by atomic mass is 32.1. The topological polar surface area (TPSA) is 25.4 Å². The van der Waals surface area contributed by atoms with Crippen LogP contribution >= 0.6 is 11.3 Å². The highest BCUT2D eigenvalue weighted by Crippen LogP contribution is 2.30. The molecular weight excluding hydrogens is 220 g/mol. The summed E-state index contributed by atoms with van der Waals surface area (Å²) in [5.41, 5.74) is 1.10. The van der Waals surface area contributed by atoms with Gasteiger partial charge in [0.2, 0.25) is 0 Å². The van der Waals surface area contributed by atoms with E-state index in [9.17, 15) is 0 Å². The molecule has 3 rings (SSSR count). The van der Waals surface area contributed by atoms with Crippen LogP contribution < -0.4 is 4.90 Å². The van der Waals surface area contributed by atoms with Crippen molar-refractivity contribution >= 4 is 26.7 Å². The molecule has 16 heavy (non-hydrogen) atoms. The van der Waals surface area contributed by atoms with Crippen molar-refractivity contribution in [2.75, 3.05) is 25.1 Å². The molecule has 1 saturated heterocycles. The maximum absolute atomic E-state index is 5.37. The van der Waals surface area contributed by atoms with E-state index in [2.05, 4.69) is 28.1 Å². The summed E-state index contributed by atoms with van der Waals surface area (Å²) in [5.74, 6) is 0. The highest BCUT2D eigenvalue weighted by Gasteiger charge is 2.24. The van der Waals surface area contributed by atoms with Gasteiger partial charge < -0.3 is 9.64 Å². The van der Waals surface area contributed by atoms with Gasteiger partial charge in [-0.25, -0.2) is 4.98 Å². The molecule has 1 aromatic carbocycles. The largest absolute Gasteiger partial charge is 0.380 e. The third-order valence-corrected chi connectivity index (χ3v) is 4.13. The summed E-state index contributed by atoms with van der Waals surface area (Å²) >= 11 is 1.77. The number of benzene rings is 1. The first-order valence-corrected chi connectivity index (χ1v) is 6.32. The van der Waals surface area contributed by atoms with E-state index in [1.54, 1.807) is 18.4 Å². The Morgan fingerprint density at radius 3 is 3.06 bits per heavy atom. The number of anilines is 1. The molecular formula is C12H14N2OS. The van der Waals surface area contributed by atoms with Crippen LogP contribution in [0.25, 0.3) is 10.2 Å². The number of para-hydroxylation sites is 1. The lowest BCUT2D eigenvalue weighted by molar-refractivity contribution is 0.121. The standard InChI is InChI=1S/C12H14N2OS/c1-15-9-6-7-14(8-9)12-13-10-4-2-3-5-11(10)16-12/h2-5,9H,6-8H2,1H3. The van der Waals surface area contributed by atoms with Crippen molar-refractivity contribution in [2.45, 2.75) is 12.5 Å². The summed E-state index contributed by atoms with van der Waals surface area (Å²) in [6.07, 6.45) is 1.47. The molecule has 4 heteroatoms. The Morgan fingerprint density at radius 1 is 1.44 bits per heavy atom. The Hall–Kier alpha value is -1.13. The summed E-state index contributed by atoms with van der Waals surface area (Å²) in [5, 5.41) is 1.13. The molecule has 84 valence electrons. The molecule has 3 nitrogen and oxygen atoms in total. The van der Waals surface area contributed by atoms with E-state index in [0.29, 0.717) is 6.10 Å². The van der Waals surface area contributed by atoms with Crippen LogP contribution in [0.1, 0.15) is 6.42 Å². The van der Waals surface area contributed by atoms with E-state index in [0.717, 1.165) is 30.2 Å². The zero-order valence-corrected chi connectivity index (χ0v) is 10.0. The van der Waals surface area contributed by atoms with Crippen molar-refractivity contribution < 1.29 is 4.74 Å². The lowest BCUT2D eigenvalue weighted by Gasteiger charge is -2.13. The second kappa shape index (κ2) is 4.03. The molecule has 1 aromatic heterocycles. The van der Waals surface area contributed by atoms with Crippen molar-refractivity contribution in [2.24, 2.45) is 0 Å². The Balaban J connectivity index is 1.89. The van der Waals surface area contributed by atoms with E-state index in [4.69, 9.17) is 4.74 Å². The van der Waals surface area contributed by atoms with Crippen LogP contribution in [0, 0.1) is 0 Å². The SMILES string of the molecule is COC1CCN(c2nc3ccccc3s2)C1. The van der Waals surface area contributed by atoms with E-state index < -0.39 is 0 Å². The van der Waals surface area contributed by atoms with Crippen LogP contribution in [0.2, 0.25) is 0 Å². The maximum Gasteiger partial charge on any atom is 0.186 e. The van der Waals surface area contributed by atoms with Crippen molar-refractivity contribution in [3.63, 3.8) is 0 Å². The summed E-state index contributed by atoms with van der Waals surface area (Å²) in [6, 6.07) is 8.29. The maximum atomic E-state index is 5.37. The van der Waals surface area contributed by atoms with Gasteiger partial charge in [0.25, 0.3) is 0 Å². The van der Waals surface area contributed by atoms with Gasteiger partial charge in [-0.15, -0.1) is 0 Å². The average Bonchev–Trinajstić information content (AvgIpc) is 2.95. The van der Waals surface area contributed by atoms with Gasteiger partial charge in [0.15, 0.2) is 5.13 Å². The Morgan fingerprint density at radius 2 is 2.31 bits per heavy atom. The van der Waals surface area contributed by atoms with Crippen LogP contribution in [0.5, 0.6) is 0 Å². The van der Waals surface area contributed by atoms with E-state index >= 15 is 0 Å². The molecule has 1 aliphatic rings. The predicted molar refractivity (Wildman–Crippen MR) is 67.2 cm³/mol. The molecule has 1 atom stereocenters. The van der Waals surface area contributed by atoms with Crippen molar-refractivity contribution in [1.29, 1.82) is 0 Å². The number of methoxy groups -OCH3 is 1. The first-order valence-electron chi connectivity index (χ1n) is 5.50. The molecule has 0 saturated carbocycles. The minimum absolute atomic E-state index is 0.368. The van der Waals surface area contributed by atoms with Crippen LogP contribution in [0.3, 0.4) is 0 Å². The number of hydrogen-bond donors (Lipinski definition) is 0. The highest BCUT2D eigenvalue weighted by molar-refractivity contribution is 7.22. The van der Waals surface area contributed by atoms with Gasteiger partial charge in [-0.3, -0.25) is 0 Å². The van der Waals surface area contributed by atoms with Crippen LogP contribution in [-0.2, 0) is 4.74 Å². The predicted octanol–water partition coefficient (Wildman–Crippen LogP) is 2.52. The number of thiazole rings is 1. The lowest BCUT2D eigenvalue weighted by Crippen LogP contribution is -2.21. The summed E-state index contributed by atoms with van der Waals surface area (Å²) in [6.45, 7) is 2.02. The summed E-state index contributed by atoms with van der Waals surface area (Å²) in [7, 11) is 1.78. The first-order chi connectivity index (χ1) is 7.86. The van der Waals surface area contributed by atoms with Gasteiger partial charge in [-0.05, 0) is 18.6 Å². The monoisotopic (exact) mass is 234 g/mol. The molecule has 0 bridgehead atoms. The average molecular weight is 234 g/mol. The molecule has 1 aliphatic heterocycles. The number of nitrogens with zero attached hydrogens (tertiary/aromatic N) is 2. The van der Waals surface area contributed by atoms with Crippen LogP contribution in [-0.4, -0.2) is 31.3 Å². The zero-order valence-electron chi connectivity index (χ0n) is 9.22. The quantitative estimate of drug-likeness (QED) is 0.798. The first kappa shape index (κ1) is 10.1. The van der Waals surface area contributed by atoms with Crippen LogP contribution in [0.15, 0.2) is 24.3 Å². The van der Waals surface area contributed by atoms with Gasteiger partial charge in [0.1, 0.15) is 0 Å². The van der Waals surface area contributed by atoms with Crippen molar-refractivity contribution in [1.82, 2.24) is 4.98 Å². The number of hydrogen-bond acceptors (Lipinski definition) is 4. The van der Waals surface area contributed by atoms with E-state index in [1.165, 1.54) is 4.70 Å². The molecule has 1 fully saturated rings. The normalized spacial score (nSPS) is 20.8. The summed E-state index contributed by atoms with van der Waals surface area (Å²) in [4.78, 5) is 6.97. The third kappa shape index (κ3) is 1.68. The zero-order chi connectivity index (χ0) is 11.0. The molecule has 0 spiro atoms. The Kier molecular flexibility index (Phi) is 2.53. The fraction of sp³-hybridized carbons (Fsp3) is 0.417. The molecule has 2 aromatic rings. The molecule has 0 radical (unpaired) electrons. The second-order valence-corrected chi connectivity index (χ2v) is 5.07.